The first-order chi connectivity index (χ1) is 9.02. The van der Waals surface area contributed by atoms with Gasteiger partial charge in [0.05, 0.1) is 6.61 Å². The minimum atomic E-state index is -1.14. The molecule has 1 heterocycles. The molecule has 5 nitrogen and oxygen atoms in total. The fourth-order valence-electron chi connectivity index (χ4n) is 1.83. The Morgan fingerprint density at radius 2 is 2.16 bits per heavy atom. The number of aromatic nitrogens is 1. The number of rotatable bonds is 4. The van der Waals surface area contributed by atoms with Crippen molar-refractivity contribution in [3.63, 3.8) is 0 Å². The zero-order valence-corrected chi connectivity index (χ0v) is 11.1. The first-order valence-electron chi connectivity index (χ1n) is 5.82. The predicted molar refractivity (Wildman–Crippen MR) is 69.1 cm³/mol. The molecule has 0 unspecified atom stereocenters. The van der Waals surface area contributed by atoms with Gasteiger partial charge in [-0.15, -0.1) is 0 Å². The fraction of sp³-hybridized carbons (Fsp3) is 0.286. The van der Waals surface area contributed by atoms with Crippen molar-refractivity contribution in [1.29, 1.82) is 0 Å². The van der Waals surface area contributed by atoms with Gasteiger partial charge in [0.15, 0.2) is 0 Å². The summed E-state index contributed by atoms with van der Waals surface area (Å²) in [5.74, 6) is -1.00. The van der Waals surface area contributed by atoms with Crippen LogP contribution in [0.4, 0.5) is 0 Å². The second-order valence-corrected chi connectivity index (χ2v) is 4.35. The maximum atomic E-state index is 11.1. The molecule has 100 valence electrons. The summed E-state index contributed by atoms with van der Waals surface area (Å²) in [6.45, 7) is 3.99. The molecule has 1 aromatic carbocycles. The van der Waals surface area contributed by atoms with Gasteiger partial charge in [0.2, 0.25) is 11.7 Å². The third-order valence-electron chi connectivity index (χ3n) is 2.80. The second kappa shape index (κ2) is 5.24. The molecule has 1 N–H and O–H groups in total. The van der Waals surface area contributed by atoms with Gasteiger partial charge >= 0.3 is 5.97 Å². The van der Waals surface area contributed by atoms with E-state index in [0.717, 1.165) is 16.7 Å². The van der Waals surface area contributed by atoms with E-state index in [0.29, 0.717) is 11.6 Å². The lowest BCUT2D eigenvalue weighted by molar-refractivity contribution is 0.0656. The maximum absolute atomic E-state index is 11.1. The van der Waals surface area contributed by atoms with E-state index in [1.54, 1.807) is 0 Å². The third kappa shape index (κ3) is 2.66. The molecule has 0 saturated heterocycles. The molecule has 0 spiro atoms. The van der Waals surface area contributed by atoms with Crippen LogP contribution in [0.1, 0.15) is 27.4 Å². The topological polar surface area (TPSA) is 72.6 Å². The molecule has 5 heteroatoms. The summed E-state index contributed by atoms with van der Waals surface area (Å²) in [6, 6.07) is 5.85. The standard InChI is InChI=1S/C14H15NO4/c1-8-4-5-9(2)10(6-8)13-15-11(7-18-3)12(19-13)14(16)17/h4-6H,7H2,1-3H3,(H,16,17). The Hall–Kier alpha value is -2.14. The van der Waals surface area contributed by atoms with E-state index in [1.807, 2.05) is 32.0 Å². The Kier molecular flexibility index (Phi) is 3.66. The van der Waals surface area contributed by atoms with Crippen molar-refractivity contribution in [3.8, 4) is 11.5 Å². The van der Waals surface area contributed by atoms with Gasteiger partial charge < -0.3 is 14.3 Å². The summed E-state index contributed by atoms with van der Waals surface area (Å²) in [7, 11) is 1.48. The lowest BCUT2D eigenvalue weighted by Crippen LogP contribution is -2.00. The lowest BCUT2D eigenvalue weighted by Gasteiger charge is -2.02. The van der Waals surface area contributed by atoms with Crippen molar-refractivity contribution in [1.82, 2.24) is 4.98 Å². The molecule has 0 aliphatic heterocycles. The smallest absolute Gasteiger partial charge is 0.373 e. The summed E-state index contributed by atoms with van der Waals surface area (Å²) in [5, 5.41) is 9.09. The van der Waals surface area contributed by atoms with Crippen LogP contribution in [0.3, 0.4) is 0 Å². The number of aryl methyl sites for hydroxylation is 2. The van der Waals surface area contributed by atoms with Crippen molar-refractivity contribution in [2.45, 2.75) is 20.5 Å². The van der Waals surface area contributed by atoms with Gasteiger partial charge in [-0.05, 0) is 25.5 Å². The van der Waals surface area contributed by atoms with Gasteiger partial charge in [-0.3, -0.25) is 0 Å². The van der Waals surface area contributed by atoms with E-state index in [1.165, 1.54) is 7.11 Å². The molecule has 0 amide bonds. The zero-order valence-electron chi connectivity index (χ0n) is 11.1. The van der Waals surface area contributed by atoms with Crippen LogP contribution >= 0.6 is 0 Å². The molecular weight excluding hydrogens is 246 g/mol. The highest BCUT2D eigenvalue weighted by molar-refractivity contribution is 5.86. The largest absolute Gasteiger partial charge is 0.475 e. The third-order valence-corrected chi connectivity index (χ3v) is 2.80. The van der Waals surface area contributed by atoms with Crippen LogP contribution in [-0.2, 0) is 11.3 Å². The molecule has 19 heavy (non-hydrogen) atoms. The Morgan fingerprint density at radius 1 is 1.42 bits per heavy atom. The minimum absolute atomic E-state index is 0.107. The molecule has 0 aliphatic carbocycles. The highest BCUT2D eigenvalue weighted by atomic mass is 16.5. The Morgan fingerprint density at radius 3 is 2.79 bits per heavy atom. The Bertz CT molecular complexity index is 616. The quantitative estimate of drug-likeness (QED) is 0.916. The van der Waals surface area contributed by atoms with Gasteiger partial charge in [-0.1, -0.05) is 17.7 Å². The summed E-state index contributed by atoms with van der Waals surface area (Å²) >= 11 is 0. The van der Waals surface area contributed by atoms with Gasteiger partial charge in [0, 0.05) is 12.7 Å². The molecular formula is C14H15NO4. The molecule has 1 aromatic heterocycles. The summed E-state index contributed by atoms with van der Waals surface area (Å²) in [4.78, 5) is 15.3. The summed E-state index contributed by atoms with van der Waals surface area (Å²) < 4.78 is 10.3. The second-order valence-electron chi connectivity index (χ2n) is 4.35. The molecule has 0 fully saturated rings. The highest BCUT2D eigenvalue weighted by Crippen LogP contribution is 2.26. The molecule has 0 aliphatic rings. The molecule has 2 rings (SSSR count). The first kappa shape index (κ1) is 13.3. The van der Waals surface area contributed by atoms with Crippen LogP contribution in [0.15, 0.2) is 22.6 Å². The summed E-state index contributed by atoms with van der Waals surface area (Å²) in [6.07, 6.45) is 0. The van der Waals surface area contributed by atoms with Crippen molar-refractivity contribution in [3.05, 3.63) is 40.8 Å². The first-order valence-corrected chi connectivity index (χ1v) is 5.82. The number of carboxylic acid groups (broad SMARTS) is 1. The van der Waals surface area contributed by atoms with Gasteiger partial charge in [-0.25, -0.2) is 9.78 Å². The number of methoxy groups -OCH3 is 1. The Balaban J connectivity index is 2.53. The van der Waals surface area contributed by atoms with E-state index in [-0.39, 0.29) is 12.4 Å². The van der Waals surface area contributed by atoms with Crippen LogP contribution in [0, 0.1) is 13.8 Å². The number of carbonyl (C=O) groups is 1. The van der Waals surface area contributed by atoms with Crippen LogP contribution < -0.4 is 0 Å². The Labute approximate surface area is 110 Å². The maximum Gasteiger partial charge on any atom is 0.373 e. The predicted octanol–water partition coefficient (Wildman–Crippen LogP) is 2.80. The molecule has 0 bridgehead atoms. The number of hydrogen-bond acceptors (Lipinski definition) is 4. The highest BCUT2D eigenvalue weighted by Gasteiger charge is 2.21. The van der Waals surface area contributed by atoms with Crippen molar-refractivity contribution < 1.29 is 19.1 Å². The lowest BCUT2D eigenvalue weighted by atomic mass is 10.1. The van der Waals surface area contributed by atoms with Gasteiger partial charge in [-0.2, -0.15) is 0 Å². The number of carboxylic acids is 1. The molecule has 2 aromatic rings. The fourth-order valence-corrected chi connectivity index (χ4v) is 1.83. The average molecular weight is 261 g/mol. The molecule has 0 radical (unpaired) electrons. The van der Waals surface area contributed by atoms with E-state index in [4.69, 9.17) is 14.3 Å². The van der Waals surface area contributed by atoms with Crippen molar-refractivity contribution in [2.75, 3.05) is 7.11 Å². The molecule has 0 atom stereocenters. The molecule has 0 saturated carbocycles. The monoisotopic (exact) mass is 261 g/mol. The minimum Gasteiger partial charge on any atom is -0.475 e. The normalized spacial score (nSPS) is 10.7. The van der Waals surface area contributed by atoms with Crippen LogP contribution in [0.5, 0.6) is 0 Å². The zero-order chi connectivity index (χ0) is 14.0. The van der Waals surface area contributed by atoms with E-state index in [9.17, 15) is 4.79 Å². The van der Waals surface area contributed by atoms with E-state index < -0.39 is 5.97 Å². The van der Waals surface area contributed by atoms with Crippen molar-refractivity contribution in [2.24, 2.45) is 0 Å². The number of nitrogens with zero attached hydrogens (tertiary/aromatic N) is 1. The summed E-state index contributed by atoms with van der Waals surface area (Å²) in [5.41, 5.74) is 3.13. The number of benzene rings is 1. The number of aromatic carboxylic acids is 1. The van der Waals surface area contributed by atoms with Gasteiger partial charge in [0.25, 0.3) is 0 Å². The van der Waals surface area contributed by atoms with Gasteiger partial charge in [0.1, 0.15) is 5.69 Å². The van der Waals surface area contributed by atoms with Crippen LogP contribution in [0.25, 0.3) is 11.5 Å². The SMILES string of the molecule is COCc1nc(-c2cc(C)ccc2C)oc1C(=O)O. The average Bonchev–Trinajstić information content (AvgIpc) is 2.77. The van der Waals surface area contributed by atoms with E-state index >= 15 is 0 Å². The number of ether oxygens (including phenoxy) is 1. The van der Waals surface area contributed by atoms with Crippen molar-refractivity contribution >= 4 is 5.97 Å². The van der Waals surface area contributed by atoms with Crippen LogP contribution in [0.2, 0.25) is 0 Å². The van der Waals surface area contributed by atoms with E-state index in [2.05, 4.69) is 4.98 Å². The number of oxazole rings is 1. The number of hydrogen-bond donors (Lipinski definition) is 1. The van der Waals surface area contributed by atoms with Crippen LogP contribution in [-0.4, -0.2) is 23.2 Å².